The topological polar surface area (TPSA) is 28.2 Å². The van der Waals surface area contributed by atoms with E-state index in [9.17, 15) is 4.39 Å². The van der Waals surface area contributed by atoms with Crippen LogP contribution in [-0.2, 0) is 0 Å². The van der Waals surface area contributed by atoms with Gasteiger partial charge in [0.05, 0.1) is 10.2 Å². The van der Waals surface area contributed by atoms with Gasteiger partial charge in [0.15, 0.2) is 5.13 Å². The van der Waals surface area contributed by atoms with E-state index in [-0.39, 0.29) is 5.82 Å². The Hall–Kier alpha value is -1.20. The fraction of sp³-hybridized carbons (Fsp3) is 0.533. The fourth-order valence-corrected chi connectivity index (χ4v) is 3.44. The molecule has 108 valence electrons. The Labute approximate surface area is 122 Å². The van der Waals surface area contributed by atoms with Gasteiger partial charge in [0.25, 0.3) is 0 Å². The van der Waals surface area contributed by atoms with Crippen LogP contribution in [0.4, 0.5) is 9.52 Å². The molecule has 1 N–H and O–H groups in total. The molecule has 1 aliphatic heterocycles. The molecule has 1 saturated heterocycles. The van der Waals surface area contributed by atoms with Gasteiger partial charge in [-0.1, -0.05) is 18.3 Å². The molecule has 1 aromatic carbocycles. The average molecular weight is 293 g/mol. The maximum atomic E-state index is 13.2. The van der Waals surface area contributed by atoms with Crippen LogP contribution in [0.15, 0.2) is 18.2 Å². The lowest BCUT2D eigenvalue weighted by Gasteiger charge is -2.37. The molecule has 3 nitrogen and oxygen atoms in total. The zero-order valence-corrected chi connectivity index (χ0v) is 12.8. The number of anilines is 1. The first-order valence-corrected chi connectivity index (χ1v) is 7.84. The highest BCUT2D eigenvalue weighted by molar-refractivity contribution is 7.22. The number of hydrogen-bond acceptors (Lipinski definition) is 4. The Morgan fingerprint density at radius 1 is 1.40 bits per heavy atom. The van der Waals surface area contributed by atoms with Crippen molar-refractivity contribution in [3.63, 3.8) is 0 Å². The lowest BCUT2D eigenvalue weighted by molar-refractivity contribution is 0.150. The maximum absolute atomic E-state index is 13.2. The monoisotopic (exact) mass is 293 g/mol. The normalized spacial score (nSPS) is 19.4. The molecule has 0 aliphatic carbocycles. The summed E-state index contributed by atoms with van der Waals surface area (Å²) in [5.41, 5.74) is 1.07. The van der Waals surface area contributed by atoms with E-state index in [0.717, 1.165) is 35.0 Å². The molecule has 2 aromatic rings. The zero-order chi connectivity index (χ0) is 14.2. The number of nitrogens with zero attached hydrogens (tertiary/aromatic N) is 2. The standard InChI is InChI=1S/C15H20FN3S/c1-15(5-7-19(2)8-6-15)10-17-14-18-12-9-11(16)3-4-13(12)20-14/h3-4,9H,5-8,10H2,1-2H3,(H,17,18). The van der Waals surface area contributed by atoms with Crippen LogP contribution in [0, 0.1) is 11.2 Å². The number of piperidine rings is 1. The molecule has 0 bridgehead atoms. The van der Waals surface area contributed by atoms with Crippen LogP contribution in [0.3, 0.4) is 0 Å². The number of nitrogens with one attached hydrogen (secondary N) is 1. The van der Waals surface area contributed by atoms with Crippen LogP contribution in [0.1, 0.15) is 19.8 Å². The van der Waals surface area contributed by atoms with E-state index in [2.05, 4.69) is 29.2 Å². The second kappa shape index (κ2) is 5.30. The molecular formula is C15H20FN3S. The van der Waals surface area contributed by atoms with Gasteiger partial charge >= 0.3 is 0 Å². The summed E-state index contributed by atoms with van der Waals surface area (Å²) >= 11 is 1.59. The van der Waals surface area contributed by atoms with Crippen LogP contribution in [0.5, 0.6) is 0 Å². The van der Waals surface area contributed by atoms with Crippen LogP contribution >= 0.6 is 11.3 Å². The van der Waals surface area contributed by atoms with Crippen LogP contribution < -0.4 is 5.32 Å². The van der Waals surface area contributed by atoms with Gasteiger partial charge in [-0.15, -0.1) is 0 Å². The minimum atomic E-state index is -0.225. The Balaban J connectivity index is 1.67. The summed E-state index contributed by atoms with van der Waals surface area (Å²) in [7, 11) is 2.18. The molecule has 0 spiro atoms. The Morgan fingerprint density at radius 3 is 2.90 bits per heavy atom. The summed E-state index contributed by atoms with van der Waals surface area (Å²) in [5, 5.41) is 4.34. The summed E-state index contributed by atoms with van der Waals surface area (Å²) in [4.78, 5) is 6.84. The van der Waals surface area contributed by atoms with E-state index in [0.29, 0.717) is 5.41 Å². The lowest BCUT2D eigenvalue weighted by atomic mass is 9.80. The summed E-state index contributed by atoms with van der Waals surface area (Å²) in [6, 6.07) is 4.78. The predicted molar refractivity (Wildman–Crippen MR) is 82.9 cm³/mol. The molecule has 1 aromatic heterocycles. The molecule has 0 unspecified atom stereocenters. The molecule has 0 saturated carbocycles. The Kier molecular flexibility index (Phi) is 3.65. The highest BCUT2D eigenvalue weighted by Crippen LogP contribution is 2.32. The number of thiazole rings is 1. The molecule has 0 radical (unpaired) electrons. The number of benzene rings is 1. The second-order valence-corrected chi connectivity index (χ2v) is 7.13. The molecule has 5 heteroatoms. The summed E-state index contributed by atoms with van der Waals surface area (Å²) in [5.74, 6) is -0.225. The van der Waals surface area contributed by atoms with E-state index >= 15 is 0 Å². The van der Waals surface area contributed by atoms with Gasteiger partial charge in [0.1, 0.15) is 5.82 Å². The van der Waals surface area contributed by atoms with Gasteiger partial charge in [-0.05, 0) is 50.5 Å². The highest BCUT2D eigenvalue weighted by Gasteiger charge is 2.28. The molecule has 2 heterocycles. The summed E-state index contributed by atoms with van der Waals surface area (Å²) in [6.45, 7) is 5.58. The smallest absolute Gasteiger partial charge is 0.183 e. The lowest BCUT2D eigenvalue weighted by Crippen LogP contribution is -2.40. The van der Waals surface area contributed by atoms with Crippen molar-refractivity contribution in [1.29, 1.82) is 0 Å². The SMILES string of the molecule is CN1CCC(C)(CNc2nc3cc(F)ccc3s2)CC1. The van der Waals surface area contributed by atoms with E-state index in [1.54, 1.807) is 17.4 Å². The fourth-order valence-electron chi connectivity index (χ4n) is 2.60. The van der Waals surface area contributed by atoms with Crippen molar-refractivity contribution in [3.8, 4) is 0 Å². The van der Waals surface area contributed by atoms with Crippen molar-refractivity contribution < 1.29 is 4.39 Å². The number of halogens is 1. The number of likely N-dealkylation sites (tertiary alicyclic amines) is 1. The second-order valence-electron chi connectivity index (χ2n) is 6.10. The maximum Gasteiger partial charge on any atom is 0.183 e. The third-order valence-corrected chi connectivity index (χ3v) is 5.20. The van der Waals surface area contributed by atoms with Gasteiger partial charge in [-0.25, -0.2) is 9.37 Å². The van der Waals surface area contributed by atoms with Gasteiger partial charge < -0.3 is 10.2 Å². The first-order valence-electron chi connectivity index (χ1n) is 7.03. The highest BCUT2D eigenvalue weighted by atomic mass is 32.1. The van der Waals surface area contributed by atoms with E-state index in [4.69, 9.17) is 0 Å². The van der Waals surface area contributed by atoms with Crippen LogP contribution in [0.2, 0.25) is 0 Å². The largest absolute Gasteiger partial charge is 0.361 e. The predicted octanol–water partition coefficient (Wildman–Crippen LogP) is 3.58. The van der Waals surface area contributed by atoms with Crippen molar-refractivity contribution >= 4 is 26.7 Å². The minimum absolute atomic E-state index is 0.225. The third-order valence-electron chi connectivity index (χ3n) is 4.21. The number of rotatable bonds is 3. The van der Waals surface area contributed by atoms with Gasteiger partial charge in [0, 0.05) is 12.6 Å². The zero-order valence-electron chi connectivity index (χ0n) is 11.9. The van der Waals surface area contributed by atoms with Crippen molar-refractivity contribution in [2.45, 2.75) is 19.8 Å². The molecule has 0 atom stereocenters. The molecular weight excluding hydrogens is 273 g/mol. The van der Waals surface area contributed by atoms with E-state index < -0.39 is 0 Å². The van der Waals surface area contributed by atoms with Crippen molar-refractivity contribution in [2.24, 2.45) is 5.41 Å². The Morgan fingerprint density at radius 2 is 2.15 bits per heavy atom. The molecule has 1 aliphatic rings. The molecule has 0 amide bonds. The van der Waals surface area contributed by atoms with E-state index in [1.807, 2.05) is 0 Å². The minimum Gasteiger partial charge on any atom is -0.361 e. The Bertz CT molecular complexity index is 602. The quantitative estimate of drug-likeness (QED) is 0.937. The number of hydrogen-bond donors (Lipinski definition) is 1. The van der Waals surface area contributed by atoms with Gasteiger partial charge in [-0.2, -0.15) is 0 Å². The van der Waals surface area contributed by atoms with Gasteiger partial charge in [-0.3, -0.25) is 0 Å². The summed E-state index contributed by atoms with van der Waals surface area (Å²) < 4.78 is 14.2. The third kappa shape index (κ3) is 2.94. The van der Waals surface area contributed by atoms with Crippen molar-refractivity contribution in [3.05, 3.63) is 24.0 Å². The van der Waals surface area contributed by atoms with Crippen molar-refractivity contribution in [1.82, 2.24) is 9.88 Å². The molecule has 3 rings (SSSR count). The van der Waals surface area contributed by atoms with Crippen molar-refractivity contribution in [2.75, 3.05) is 32.0 Å². The number of fused-ring (bicyclic) bond motifs is 1. The average Bonchev–Trinajstić information content (AvgIpc) is 2.82. The molecule has 1 fully saturated rings. The summed E-state index contributed by atoms with van der Waals surface area (Å²) in [6.07, 6.45) is 2.41. The first kappa shape index (κ1) is 13.8. The molecule has 20 heavy (non-hydrogen) atoms. The van der Waals surface area contributed by atoms with E-state index in [1.165, 1.54) is 25.0 Å². The van der Waals surface area contributed by atoms with Crippen LogP contribution in [-0.4, -0.2) is 36.6 Å². The number of aromatic nitrogens is 1. The van der Waals surface area contributed by atoms with Crippen LogP contribution in [0.25, 0.3) is 10.2 Å². The van der Waals surface area contributed by atoms with Gasteiger partial charge in [0.2, 0.25) is 0 Å². The first-order chi connectivity index (χ1) is 9.54.